The van der Waals surface area contributed by atoms with Crippen LogP contribution in [0.4, 0.5) is 0 Å². The maximum atomic E-state index is 12.6. The highest BCUT2D eigenvalue weighted by atomic mass is 35.5. The van der Waals surface area contributed by atoms with Crippen LogP contribution in [0.3, 0.4) is 0 Å². The number of benzene rings is 1. The van der Waals surface area contributed by atoms with Crippen molar-refractivity contribution in [2.45, 2.75) is 44.2 Å². The Bertz CT molecular complexity index is 695. The van der Waals surface area contributed by atoms with Gasteiger partial charge in [-0.05, 0) is 38.0 Å². The molecule has 22 heavy (non-hydrogen) atoms. The van der Waals surface area contributed by atoms with Crippen LogP contribution in [0.25, 0.3) is 0 Å². The molecule has 2 bridgehead atoms. The van der Waals surface area contributed by atoms with E-state index in [2.05, 4.69) is 5.32 Å². The van der Waals surface area contributed by atoms with Crippen LogP contribution in [0, 0.1) is 5.92 Å². The van der Waals surface area contributed by atoms with Gasteiger partial charge >= 0.3 is 0 Å². The molecule has 1 aromatic carbocycles. The van der Waals surface area contributed by atoms with Crippen molar-refractivity contribution in [1.29, 1.82) is 0 Å². The van der Waals surface area contributed by atoms with Gasteiger partial charge in [0.25, 0.3) is 5.91 Å². The molecule has 1 saturated carbocycles. The molecule has 2 heterocycles. The fourth-order valence-electron chi connectivity index (χ4n) is 4.33. The van der Waals surface area contributed by atoms with Crippen molar-refractivity contribution >= 4 is 17.5 Å². The average molecular weight is 320 g/mol. The first-order valence-corrected chi connectivity index (χ1v) is 8.10. The molecule has 1 saturated heterocycles. The Balaban J connectivity index is 1.97. The molecule has 2 fully saturated rings. The predicted octanol–water partition coefficient (Wildman–Crippen LogP) is 3.66. The molecule has 4 rings (SSSR count). The summed E-state index contributed by atoms with van der Waals surface area (Å²) >= 11 is 6.16. The molecule has 0 unspecified atom stereocenters. The average Bonchev–Trinajstić information content (AvgIpc) is 2.46. The number of hydrogen-bond donors (Lipinski definition) is 2. The molecule has 0 spiro atoms. The lowest BCUT2D eigenvalue weighted by Gasteiger charge is -2.54. The van der Waals surface area contributed by atoms with E-state index in [-0.39, 0.29) is 23.5 Å². The number of amides is 1. The monoisotopic (exact) mass is 319 g/mol. The second-order valence-corrected chi connectivity index (χ2v) is 6.89. The molecule has 0 aromatic heterocycles. The molecule has 0 radical (unpaired) electrons. The number of ether oxygens (including phenoxy) is 1. The van der Waals surface area contributed by atoms with Crippen LogP contribution in [-0.2, 0) is 4.79 Å². The topological polar surface area (TPSA) is 58.6 Å². The number of allylic oxidation sites excluding steroid dienone is 1. The van der Waals surface area contributed by atoms with Crippen LogP contribution < -0.4 is 10.1 Å². The fourth-order valence-corrected chi connectivity index (χ4v) is 4.51. The van der Waals surface area contributed by atoms with E-state index in [1.807, 2.05) is 12.1 Å². The van der Waals surface area contributed by atoms with Crippen LogP contribution in [0.1, 0.15) is 44.1 Å². The lowest BCUT2D eigenvalue weighted by Crippen LogP contribution is -2.66. The van der Waals surface area contributed by atoms with Crippen molar-refractivity contribution in [3.8, 4) is 5.75 Å². The maximum absolute atomic E-state index is 12.6. The van der Waals surface area contributed by atoms with Gasteiger partial charge in [0.1, 0.15) is 5.75 Å². The molecule has 3 atom stereocenters. The highest BCUT2D eigenvalue weighted by molar-refractivity contribution is 6.30. The molecular weight excluding hydrogens is 302 g/mol. The van der Waals surface area contributed by atoms with E-state index in [9.17, 15) is 9.90 Å². The Morgan fingerprint density at radius 2 is 2.27 bits per heavy atom. The zero-order valence-electron chi connectivity index (χ0n) is 12.4. The van der Waals surface area contributed by atoms with Crippen molar-refractivity contribution in [1.82, 2.24) is 5.32 Å². The van der Waals surface area contributed by atoms with Gasteiger partial charge in [0.2, 0.25) is 0 Å². The molecule has 2 N–H and O–H groups in total. The first-order chi connectivity index (χ1) is 10.5. The number of carbonyl (C=O) groups excluding carboxylic acids is 1. The van der Waals surface area contributed by atoms with Gasteiger partial charge in [0.15, 0.2) is 5.72 Å². The van der Waals surface area contributed by atoms with Crippen LogP contribution >= 0.6 is 11.6 Å². The first-order valence-electron chi connectivity index (χ1n) is 7.72. The van der Waals surface area contributed by atoms with Crippen LogP contribution in [0.5, 0.6) is 5.75 Å². The van der Waals surface area contributed by atoms with Gasteiger partial charge in [-0.3, -0.25) is 4.79 Å². The summed E-state index contributed by atoms with van der Waals surface area (Å²) in [7, 11) is 0. The molecular formula is C17H18ClNO3. The van der Waals surface area contributed by atoms with Crippen molar-refractivity contribution in [2.24, 2.45) is 5.92 Å². The Labute approximate surface area is 134 Å². The van der Waals surface area contributed by atoms with Gasteiger partial charge in [-0.25, -0.2) is 0 Å². The normalized spacial score (nSPS) is 34.9. The number of hydrogen-bond acceptors (Lipinski definition) is 3. The number of piperidine rings is 1. The van der Waals surface area contributed by atoms with E-state index >= 15 is 0 Å². The summed E-state index contributed by atoms with van der Waals surface area (Å²) in [5.41, 5.74) is 0.724. The quantitative estimate of drug-likeness (QED) is 0.566. The summed E-state index contributed by atoms with van der Waals surface area (Å²) < 4.78 is 6.25. The minimum Gasteiger partial charge on any atom is -0.512 e. The van der Waals surface area contributed by atoms with Gasteiger partial charge < -0.3 is 15.2 Å². The number of halogens is 1. The van der Waals surface area contributed by atoms with Crippen molar-refractivity contribution in [3.63, 3.8) is 0 Å². The Kier molecular flexibility index (Phi) is 2.95. The molecule has 1 aromatic rings. The standard InChI is InChI=1S/C17H18ClNO3/c1-9(20)14-15-11-8-10(18)5-6-13(11)22-17(19-16(14)21)7-3-2-4-12(15)17/h5-6,8,12,15,20H,2-4,7H2,1H3,(H,19,21)/b14-9-/t12-,15-,17+/m1/s1. The van der Waals surface area contributed by atoms with E-state index in [0.717, 1.165) is 37.0 Å². The second-order valence-electron chi connectivity index (χ2n) is 6.46. The van der Waals surface area contributed by atoms with Gasteiger partial charge in [-0.15, -0.1) is 0 Å². The third-order valence-electron chi connectivity index (χ3n) is 5.18. The predicted molar refractivity (Wildman–Crippen MR) is 83.0 cm³/mol. The zero-order valence-corrected chi connectivity index (χ0v) is 13.1. The van der Waals surface area contributed by atoms with E-state index in [4.69, 9.17) is 16.3 Å². The van der Waals surface area contributed by atoms with Gasteiger partial charge in [0, 0.05) is 28.8 Å². The van der Waals surface area contributed by atoms with Crippen molar-refractivity contribution in [3.05, 3.63) is 40.1 Å². The van der Waals surface area contributed by atoms with E-state index in [1.165, 1.54) is 0 Å². The Hall–Kier alpha value is -1.68. The van der Waals surface area contributed by atoms with Gasteiger partial charge in [0.05, 0.1) is 11.3 Å². The first kappa shape index (κ1) is 13.9. The summed E-state index contributed by atoms with van der Waals surface area (Å²) in [4.78, 5) is 12.6. The Morgan fingerprint density at radius 1 is 1.45 bits per heavy atom. The summed E-state index contributed by atoms with van der Waals surface area (Å²) in [5, 5.41) is 13.7. The van der Waals surface area contributed by atoms with E-state index in [1.54, 1.807) is 13.0 Å². The second kappa shape index (κ2) is 4.66. The number of aliphatic hydroxyl groups is 1. The number of rotatable bonds is 0. The van der Waals surface area contributed by atoms with Crippen LogP contribution in [0.2, 0.25) is 5.02 Å². The zero-order chi connectivity index (χ0) is 15.5. The van der Waals surface area contributed by atoms with Crippen molar-refractivity contribution in [2.75, 3.05) is 0 Å². The summed E-state index contributed by atoms with van der Waals surface area (Å²) in [5.74, 6) is 0.595. The lowest BCUT2D eigenvalue weighted by atomic mass is 9.64. The largest absolute Gasteiger partial charge is 0.512 e. The molecule has 5 heteroatoms. The number of fused-ring (bicyclic) bond motifs is 2. The molecule has 4 nitrogen and oxygen atoms in total. The van der Waals surface area contributed by atoms with E-state index < -0.39 is 5.72 Å². The van der Waals surface area contributed by atoms with Gasteiger partial charge in [-0.2, -0.15) is 0 Å². The summed E-state index contributed by atoms with van der Waals surface area (Å²) in [6.07, 6.45) is 3.91. The summed E-state index contributed by atoms with van der Waals surface area (Å²) in [6, 6.07) is 5.52. The number of carbonyl (C=O) groups is 1. The minimum absolute atomic E-state index is 0.0782. The molecule has 1 amide bonds. The number of aliphatic hydroxyl groups excluding tert-OH is 1. The molecule has 2 aliphatic heterocycles. The number of nitrogens with one attached hydrogen (secondary N) is 1. The molecule has 1 aliphatic carbocycles. The van der Waals surface area contributed by atoms with Gasteiger partial charge in [-0.1, -0.05) is 18.0 Å². The van der Waals surface area contributed by atoms with Crippen LogP contribution in [-0.4, -0.2) is 16.7 Å². The third kappa shape index (κ3) is 1.80. The maximum Gasteiger partial charge on any atom is 0.254 e. The molecule has 3 aliphatic rings. The van der Waals surface area contributed by atoms with E-state index in [0.29, 0.717) is 10.6 Å². The third-order valence-corrected chi connectivity index (χ3v) is 5.42. The minimum atomic E-state index is -0.639. The smallest absolute Gasteiger partial charge is 0.254 e. The fraction of sp³-hybridized carbons (Fsp3) is 0.471. The highest BCUT2D eigenvalue weighted by Gasteiger charge is 2.57. The highest BCUT2D eigenvalue weighted by Crippen LogP contribution is 2.56. The SMILES string of the molecule is C/C(O)=C1/C(=O)N[C@]23CCCC[C@@H]2[C@H]1c1cc(Cl)ccc1O3. The van der Waals surface area contributed by atoms with Crippen LogP contribution in [0.15, 0.2) is 29.5 Å². The molecule has 116 valence electrons. The summed E-state index contributed by atoms with van der Waals surface area (Å²) in [6.45, 7) is 1.57. The Morgan fingerprint density at radius 3 is 3.05 bits per heavy atom. The lowest BCUT2D eigenvalue weighted by molar-refractivity contribution is -0.140. The van der Waals surface area contributed by atoms with Crippen molar-refractivity contribution < 1.29 is 14.6 Å².